The molecule has 0 radical (unpaired) electrons. The molecule has 2 aliphatic rings. The third kappa shape index (κ3) is 8.09. The van der Waals surface area contributed by atoms with Gasteiger partial charge in [0.2, 0.25) is 0 Å². The van der Waals surface area contributed by atoms with Crippen molar-refractivity contribution in [1.29, 1.82) is 0 Å². The second-order valence-corrected chi connectivity index (χ2v) is 11.0. The number of fused-ring (bicyclic) bond motifs is 6. The van der Waals surface area contributed by atoms with Crippen LogP contribution in [0.25, 0.3) is 11.1 Å². The van der Waals surface area contributed by atoms with Gasteiger partial charge in [0.15, 0.2) is 0 Å². The molecule has 0 amide bonds. The minimum absolute atomic E-state index is 0. The maximum Gasteiger partial charge on any atom is 0.109 e. The lowest BCUT2D eigenvalue weighted by atomic mass is 9.91. The van der Waals surface area contributed by atoms with E-state index >= 15 is 0 Å². The number of halogens is 1. The SMILES string of the molecule is Br.CCCCCCCCCCCCCCCCCCN1CCN2c3ccccc3-c3ccccc3C12. The minimum Gasteiger partial charge on any atom is -0.350 e. The summed E-state index contributed by atoms with van der Waals surface area (Å²) in [6.45, 7) is 5.87. The normalized spacial score (nSPS) is 16.4. The van der Waals surface area contributed by atoms with Gasteiger partial charge in [-0.3, -0.25) is 4.90 Å². The Labute approximate surface area is 232 Å². The molecule has 2 aromatic rings. The van der Waals surface area contributed by atoms with E-state index < -0.39 is 0 Å². The van der Waals surface area contributed by atoms with Crippen LogP contribution in [0.5, 0.6) is 0 Å². The van der Waals surface area contributed by atoms with Crippen LogP contribution in [0, 0.1) is 0 Å². The summed E-state index contributed by atoms with van der Waals surface area (Å²) in [6.07, 6.45) is 23.4. The maximum absolute atomic E-state index is 2.73. The Kier molecular flexibility index (Phi) is 13.4. The van der Waals surface area contributed by atoms with Crippen molar-refractivity contribution in [2.75, 3.05) is 24.5 Å². The lowest BCUT2D eigenvalue weighted by molar-refractivity contribution is 0.251. The summed E-state index contributed by atoms with van der Waals surface area (Å²) in [5.41, 5.74) is 5.76. The van der Waals surface area contributed by atoms with E-state index in [-0.39, 0.29) is 17.0 Å². The third-order valence-corrected chi connectivity index (χ3v) is 8.31. The van der Waals surface area contributed by atoms with E-state index in [0.29, 0.717) is 6.17 Å². The molecule has 0 spiro atoms. The Hall–Kier alpha value is -1.32. The molecule has 1 unspecified atom stereocenters. The van der Waals surface area contributed by atoms with Gasteiger partial charge in [-0.05, 0) is 23.6 Å². The van der Waals surface area contributed by atoms with E-state index in [1.54, 1.807) is 0 Å². The predicted molar refractivity (Wildman–Crippen MR) is 163 cm³/mol. The van der Waals surface area contributed by atoms with Crippen LogP contribution < -0.4 is 4.90 Å². The van der Waals surface area contributed by atoms with E-state index in [1.807, 2.05) is 0 Å². The standard InChI is InChI=1S/C33H50N2.BrH/c1-2-3-4-5-6-7-8-9-10-11-12-13-14-15-16-21-26-34-27-28-35-32-25-20-19-23-30(32)29-22-17-18-24-31(29)33(34)35;/h17-20,22-25,33H,2-16,21,26-28H2,1H3;1H. The Morgan fingerprint density at radius 2 is 1.08 bits per heavy atom. The quantitative estimate of drug-likeness (QED) is 0.179. The van der Waals surface area contributed by atoms with E-state index in [1.165, 1.54) is 138 Å². The first-order valence-corrected chi connectivity index (χ1v) is 15.1. The van der Waals surface area contributed by atoms with Crippen molar-refractivity contribution in [2.24, 2.45) is 0 Å². The second-order valence-electron chi connectivity index (χ2n) is 11.0. The van der Waals surface area contributed by atoms with Crippen molar-refractivity contribution in [3.63, 3.8) is 0 Å². The highest BCUT2D eigenvalue weighted by Gasteiger charge is 2.38. The fourth-order valence-electron chi connectivity index (χ4n) is 6.31. The van der Waals surface area contributed by atoms with Crippen LogP contribution in [0.1, 0.15) is 121 Å². The molecular weight excluding hydrogens is 504 g/mol. The van der Waals surface area contributed by atoms with Crippen LogP contribution in [0.2, 0.25) is 0 Å². The van der Waals surface area contributed by atoms with Gasteiger partial charge in [-0.1, -0.05) is 146 Å². The average Bonchev–Trinajstić information content (AvgIpc) is 3.33. The van der Waals surface area contributed by atoms with Crippen LogP contribution in [-0.2, 0) is 0 Å². The average molecular weight is 556 g/mol. The van der Waals surface area contributed by atoms with Gasteiger partial charge < -0.3 is 4.90 Å². The largest absolute Gasteiger partial charge is 0.350 e. The van der Waals surface area contributed by atoms with Gasteiger partial charge in [0.25, 0.3) is 0 Å². The molecular formula is C33H51BrN2. The lowest BCUT2D eigenvalue weighted by Gasteiger charge is -2.38. The van der Waals surface area contributed by atoms with Crippen molar-refractivity contribution in [1.82, 2.24) is 4.90 Å². The monoisotopic (exact) mass is 554 g/mol. The summed E-state index contributed by atoms with van der Waals surface area (Å²) < 4.78 is 0. The zero-order valence-corrected chi connectivity index (χ0v) is 24.6. The van der Waals surface area contributed by atoms with Crippen LogP contribution in [0.4, 0.5) is 5.69 Å². The molecule has 2 aliphatic heterocycles. The molecule has 1 fully saturated rings. The second kappa shape index (κ2) is 16.5. The summed E-state index contributed by atoms with van der Waals surface area (Å²) in [4.78, 5) is 5.38. The van der Waals surface area contributed by atoms with Gasteiger partial charge in [-0.25, -0.2) is 0 Å². The molecule has 0 bridgehead atoms. The summed E-state index contributed by atoms with van der Waals surface area (Å²) in [5, 5.41) is 0. The maximum atomic E-state index is 2.73. The number of para-hydroxylation sites is 1. The van der Waals surface area contributed by atoms with E-state index in [4.69, 9.17) is 0 Å². The topological polar surface area (TPSA) is 6.48 Å². The Morgan fingerprint density at radius 1 is 0.583 bits per heavy atom. The first-order valence-electron chi connectivity index (χ1n) is 15.1. The number of rotatable bonds is 17. The van der Waals surface area contributed by atoms with Gasteiger partial charge in [-0.15, -0.1) is 17.0 Å². The highest BCUT2D eigenvalue weighted by Crippen LogP contribution is 2.47. The van der Waals surface area contributed by atoms with Gasteiger partial charge in [0, 0.05) is 30.9 Å². The van der Waals surface area contributed by atoms with Crippen molar-refractivity contribution in [3.05, 3.63) is 54.1 Å². The smallest absolute Gasteiger partial charge is 0.109 e. The molecule has 0 aromatic heterocycles. The molecule has 0 aliphatic carbocycles. The highest BCUT2D eigenvalue weighted by molar-refractivity contribution is 8.93. The molecule has 0 saturated carbocycles. The molecule has 3 heteroatoms. The number of benzene rings is 2. The number of hydrogen-bond acceptors (Lipinski definition) is 2. The zero-order valence-electron chi connectivity index (χ0n) is 22.9. The van der Waals surface area contributed by atoms with Crippen molar-refractivity contribution < 1.29 is 0 Å². The first-order chi connectivity index (χ1) is 17.4. The molecule has 0 N–H and O–H groups in total. The van der Waals surface area contributed by atoms with Crippen LogP contribution >= 0.6 is 17.0 Å². The summed E-state index contributed by atoms with van der Waals surface area (Å²) in [5.74, 6) is 0. The molecule has 2 aromatic carbocycles. The van der Waals surface area contributed by atoms with E-state index in [2.05, 4.69) is 65.3 Å². The van der Waals surface area contributed by atoms with Crippen LogP contribution in [0.3, 0.4) is 0 Å². The van der Waals surface area contributed by atoms with Crippen molar-refractivity contribution in [2.45, 2.75) is 116 Å². The van der Waals surface area contributed by atoms with Crippen molar-refractivity contribution >= 4 is 22.7 Å². The summed E-state index contributed by atoms with van der Waals surface area (Å²) in [6, 6.07) is 18.1. The summed E-state index contributed by atoms with van der Waals surface area (Å²) >= 11 is 0. The number of hydrogen-bond donors (Lipinski definition) is 0. The molecule has 2 heterocycles. The third-order valence-electron chi connectivity index (χ3n) is 8.31. The van der Waals surface area contributed by atoms with E-state index in [0.717, 1.165) is 6.54 Å². The number of unbranched alkanes of at least 4 members (excludes halogenated alkanes) is 15. The van der Waals surface area contributed by atoms with Gasteiger partial charge in [0.1, 0.15) is 6.17 Å². The Morgan fingerprint density at radius 3 is 1.69 bits per heavy atom. The molecule has 1 saturated heterocycles. The van der Waals surface area contributed by atoms with E-state index in [9.17, 15) is 0 Å². The predicted octanol–water partition coefficient (Wildman–Crippen LogP) is 10.3. The summed E-state index contributed by atoms with van der Waals surface area (Å²) in [7, 11) is 0. The van der Waals surface area contributed by atoms with Crippen molar-refractivity contribution in [3.8, 4) is 11.1 Å². The molecule has 200 valence electrons. The van der Waals surface area contributed by atoms with Gasteiger partial charge in [0.05, 0.1) is 0 Å². The fraction of sp³-hybridized carbons (Fsp3) is 0.636. The Balaban J connectivity index is 0.00000361. The molecule has 1 atom stereocenters. The van der Waals surface area contributed by atoms with Gasteiger partial charge >= 0.3 is 0 Å². The zero-order chi connectivity index (χ0) is 24.1. The number of anilines is 1. The lowest BCUT2D eigenvalue weighted by Crippen LogP contribution is -2.34. The molecule has 36 heavy (non-hydrogen) atoms. The van der Waals surface area contributed by atoms with Crippen LogP contribution in [0.15, 0.2) is 48.5 Å². The number of nitrogens with zero attached hydrogens (tertiary/aromatic N) is 2. The molecule has 4 rings (SSSR count). The highest BCUT2D eigenvalue weighted by atomic mass is 79.9. The first kappa shape index (κ1) is 29.2. The molecule has 2 nitrogen and oxygen atoms in total. The van der Waals surface area contributed by atoms with Crippen LogP contribution in [-0.4, -0.2) is 24.5 Å². The Bertz CT molecular complexity index is 866. The van der Waals surface area contributed by atoms with Gasteiger partial charge in [-0.2, -0.15) is 0 Å². The fourth-order valence-corrected chi connectivity index (χ4v) is 6.31. The minimum atomic E-state index is 0.